The molecule has 3 fully saturated rings. The van der Waals surface area contributed by atoms with Gasteiger partial charge in [0, 0.05) is 38.6 Å². The van der Waals surface area contributed by atoms with E-state index in [9.17, 15) is 0 Å². The van der Waals surface area contributed by atoms with Crippen molar-refractivity contribution in [2.75, 3.05) is 37.6 Å². The van der Waals surface area contributed by atoms with Crippen molar-refractivity contribution in [3.05, 3.63) is 5.01 Å². The van der Waals surface area contributed by atoms with Gasteiger partial charge in [-0.3, -0.25) is 4.90 Å². The lowest BCUT2D eigenvalue weighted by molar-refractivity contribution is -0.0720. The summed E-state index contributed by atoms with van der Waals surface area (Å²) in [6.45, 7) is 10.1. The molecule has 23 heavy (non-hydrogen) atoms. The largest absolute Gasteiger partial charge is 0.373 e. The standard InChI is InChI=1S/C17H28N4OS/c1-12-9-20(10-13(2)22-12)11-14-5-7-21(8-6-14)17-19-18-16(23-17)15-3-4-15/h12-15H,3-11H2,1-2H3/t12-,13+. The monoisotopic (exact) mass is 336 g/mol. The average molecular weight is 337 g/mol. The summed E-state index contributed by atoms with van der Waals surface area (Å²) in [5, 5.41) is 11.2. The summed E-state index contributed by atoms with van der Waals surface area (Å²) in [6.07, 6.45) is 5.93. The zero-order chi connectivity index (χ0) is 15.8. The summed E-state index contributed by atoms with van der Waals surface area (Å²) >= 11 is 1.82. The minimum absolute atomic E-state index is 0.376. The number of piperidine rings is 1. The van der Waals surface area contributed by atoms with Crippen LogP contribution in [0.3, 0.4) is 0 Å². The van der Waals surface area contributed by atoms with Crippen LogP contribution in [0.2, 0.25) is 0 Å². The highest BCUT2D eigenvalue weighted by Crippen LogP contribution is 2.42. The van der Waals surface area contributed by atoms with Crippen LogP contribution < -0.4 is 4.90 Å². The maximum Gasteiger partial charge on any atom is 0.208 e. The summed E-state index contributed by atoms with van der Waals surface area (Å²) in [5.41, 5.74) is 0. The van der Waals surface area contributed by atoms with Gasteiger partial charge >= 0.3 is 0 Å². The molecule has 4 rings (SSSR count). The van der Waals surface area contributed by atoms with E-state index in [1.54, 1.807) is 0 Å². The van der Waals surface area contributed by atoms with Crippen molar-refractivity contribution >= 4 is 16.5 Å². The Morgan fingerprint density at radius 3 is 2.39 bits per heavy atom. The maximum atomic E-state index is 5.84. The molecule has 0 N–H and O–H groups in total. The summed E-state index contributed by atoms with van der Waals surface area (Å²) in [5.74, 6) is 1.55. The average Bonchev–Trinajstić information content (AvgIpc) is 3.25. The van der Waals surface area contributed by atoms with Crippen LogP contribution in [0.4, 0.5) is 5.13 Å². The van der Waals surface area contributed by atoms with Gasteiger partial charge in [-0.15, -0.1) is 10.2 Å². The molecule has 0 bridgehead atoms. The van der Waals surface area contributed by atoms with E-state index >= 15 is 0 Å². The van der Waals surface area contributed by atoms with Crippen molar-refractivity contribution in [1.82, 2.24) is 15.1 Å². The molecular weight excluding hydrogens is 308 g/mol. The molecule has 0 radical (unpaired) electrons. The SMILES string of the molecule is C[C@@H]1CN(CC2CCN(c3nnc(C4CC4)s3)CC2)C[C@H](C)O1. The normalized spacial score (nSPS) is 30.8. The minimum atomic E-state index is 0.376. The number of hydrogen-bond donors (Lipinski definition) is 0. The second-order valence-electron chi connectivity index (χ2n) is 7.60. The van der Waals surface area contributed by atoms with Crippen LogP contribution in [0.5, 0.6) is 0 Å². The Balaban J connectivity index is 1.27. The molecule has 2 atom stereocenters. The highest BCUT2D eigenvalue weighted by molar-refractivity contribution is 7.15. The second-order valence-corrected chi connectivity index (χ2v) is 8.59. The number of anilines is 1. The molecule has 1 aliphatic carbocycles. The van der Waals surface area contributed by atoms with Crippen molar-refractivity contribution in [2.45, 2.75) is 57.7 Å². The van der Waals surface area contributed by atoms with Gasteiger partial charge in [-0.25, -0.2) is 0 Å². The molecule has 3 heterocycles. The molecule has 6 heteroatoms. The van der Waals surface area contributed by atoms with Crippen molar-refractivity contribution in [3.63, 3.8) is 0 Å². The summed E-state index contributed by atoms with van der Waals surface area (Å²) in [4.78, 5) is 5.06. The zero-order valence-corrected chi connectivity index (χ0v) is 15.1. The van der Waals surface area contributed by atoms with Gasteiger partial charge in [0.25, 0.3) is 0 Å². The van der Waals surface area contributed by atoms with Crippen LogP contribution in [0.1, 0.15) is 50.5 Å². The number of aromatic nitrogens is 2. The van der Waals surface area contributed by atoms with E-state index in [-0.39, 0.29) is 0 Å². The molecule has 128 valence electrons. The van der Waals surface area contributed by atoms with Gasteiger partial charge in [-0.1, -0.05) is 11.3 Å². The first kappa shape index (κ1) is 15.8. The molecule has 0 spiro atoms. The van der Waals surface area contributed by atoms with Crippen LogP contribution in [0, 0.1) is 5.92 Å². The fraction of sp³-hybridized carbons (Fsp3) is 0.882. The van der Waals surface area contributed by atoms with Crippen molar-refractivity contribution < 1.29 is 4.74 Å². The van der Waals surface area contributed by atoms with E-state index < -0.39 is 0 Å². The van der Waals surface area contributed by atoms with E-state index in [4.69, 9.17) is 4.74 Å². The predicted octanol–water partition coefficient (Wildman–Crippen LogP) is 2.74. The van der Waals surface area contributed by atoms with Crippen LogP contribution in [-0.2, 0) is 4.74 Å². The number of nitrogens with zero attached hydrogens (tertiary/aromatic N) is 4. The fourth-order valence-electron chi connectivity index (χ4n) is 3.95. The molecule has 0 unspecified atom stereocenters. The van der Waals surface area contributed by atoms with E-state index in [0.717, 1.165) is 43.1 Å². The first-order valence-electron chi connectivity index (χ1n) is 9.13. The third-order valence-electron chi connectivity index (χ3n) is 5.25. The molecule has 1 aromatic heterocycles. The molecule has 1 aromatic rings. The lowest BCUT2D eigenvalue weighted by Crippen LogP contribution is -2.48. The Bertz CT molecular complexity index is 514. The molecule has 0 amide bonds. The Labute approximate surface area is 143 Å². The van der Waals surface area contributed by atoms with E-state index in [1.165, 1.54) is 37.2 Å². The van der Waals surface area contributed by atoms with E-state index in [2.05, 4.69) is 33.8 Å². The highest BCUT2D eigenvalue weighted by Gasteiger charge is 2.30. The predicted molar refractivity (Wildman–Crippen MR) is 93.3 cm³/mol. The lowest BCUT2D eigenvalue weighted by atomic mass is 9.96. The number of hydrogen-bond acceptors (Lipinski definition) is 6. The molecule has 0 aromatic carbocycles. The van der Waals surface area contributed by atoms with Gasteiger partial charge < -0.3 is 9.64 Å². The number of rotatable bonds is 4. The van der Waals surface area contributed by atoms with Gasteiger partial charge in [-0.05, 0) is 45.4 Å². The third-order valence-corrected chi connectivity index (χ3v) is 6.40. The van der Waals surface area contributed by atoms with Gasteiger partial charge in [0.05, 0.1) is 12.2 Å². The molecule has 2 aliphatic heterocycles. The first-order valence-corrected chi connectivity index (χ1v) is 9.95. The van der Waals surface area contributed by atoms with Crippen molar-refractivity contribution in [1.29, 1.82) is 0 Å². The van der Waals surface area contributed by atoms with Gasteiger partial charge in [0.2, 0.25) is 5.13 Å². The smallest absolute Gasteiger partial charge is 0.208 e. The van der Waals surface area contributed by atoms with Crippen LogP contribution in [0.15, 0.2) is 0 Å². The van der Waals surface area contributed by atoms with Crippen molar-refractivity contribution in [3.8, 4) is 0 Å². The van der Waals surface area contributed by atoms with Gasteiger partial charge in [0.1, 0.15) is 5.01 Å². The van der Waals surface area contributed by atoms with Crippen LogP contribution in [-0.4, -0.2) is 60.0 Å². The van der Waals surface area contributed by atoms with Crippen LogP contribution >= 0.6 is 11.3 Å². The second kappa shape index (κ2) is 6.65. The van der Waals surface area contributed by atoms with Crippen molar-refractivity contribution in [2.24, 2.45) is 5.92 Å². The number of ether oxygens (including phenoxy) is 1. The molecule has 5 nitrogen and oxygen atoms in total. The first-order chi connectivity index (χ1) is 11.2. The zero-order valence-electron chi connectivity index (χ0n) is 14.3. The highest BCUT2D eigenvalue weighted by atomic mass is 32.1. The van der Waals surface area contributed by atoms with Gasteiger partial charge in [-0.2, -0.15) is 0 Å². The molecule has 3 aliphatic rings. The maximum absolute atomic E-state index is 5.84. The Kier molecular flexibility index (Phi) is 4.56. The minimum Gasteiger partial charge on any atom is -0.373 e. The summed E-state index contributed by atoms with van der Waals surface area (Å²) < 4.78 is 5.84. The Hall–Kier alpha value is -0.720. The third kappa shape index (κ3) is 3.86. The van der Waals surface area contributed by atoms with Gasteiger partial charge in [0.15, 0.2) is 0 Å². The van der Waals surface area contributed by atoms with E-state index in [0.29, 0.717) is 12.2 Å². The molecular formula is C17H28N4OS. The summed E-state index contributed by atoms with van der Waals surface area (Å²) in [7, 11) is 0. The Morgan fingerprint density at radius 2 is 1.74 bits per heavy atom. The number of morpholine rings is 1. The quantitative estimate of drug-likeness (QED) is 0.846. The fourth-order valence-corrected chi connectivity index (χ4v) is 5.02. The topological polar surface area (TPSA) is 41.5 Å². The lowest BCUT2D eigenvalue weighted by Gasteiger charge is -2.39. The molecule has 2 saturated heterocycles. The summed E-state index contributed by atoms with van der Waals surface area (Å²) in [6, 6.07) is 0. The van der Waals surface area contributed by atoms with E-state index in [1.807, 2.05) is 11.3 Å². The Morgan fingerprint density at radius 1 is 1.04 bits per heavy atom. The molecule has 1 saturated carbocycles. The van der Waals surface area contributed by atoms with Crippen LogP contribution in [0.25, 0.3) is 0 Å².